The Morgan fingerprint density at radius 3 is 2.58 bits per heavy atom. The molecule has 1 aliphatic heterocycles. The van der Waals surface area contributed by atoms with Crippen LogP contribution in [0, 0.1) is 23.7 Å². The average Bonchev–Trinajstić information content (AvgIpc) is 3.24. The Morgan fingerprint density at radius 1 is 1.09 bits per heavy atom. The van der Waals surface area contributed by atoms with Gasteiger partial charge in [-0.05, 0) is 49.0 Å². The van der Waals surface area contributed by atoms with Gasteiger partial charge in [-0.3, -0.25) is 20.5 Å². The topological polar surface area (TPSA) is 84.1 Å². The van der Waals surface area contributed by atoms with Crippen molar-refractivity contribution in [1.29, 1.82) is 10.8 Å². The number of carbonyl (C=O) groups excluding carboxylic acids is 1. The van der Waals surface area contributed by atoms with Gasteiger partial charge < -0.3 is 4.90 Å². The summed E-state index contributed by atoms with van der Waals surface area (Å²) < 4.78 is 5.30. The molecule has 5 rings (SSSR count). The van der Waals surface area contributed by atoms with Crippen molar-refractivity contribution in [3.05, 3.63) is 59.8 Å². The van der Waals surface area contributed by atoms with Crippen molar-refractivity contribution in [2.24, 2.45) is 5.92 Å². The lowest BCUT2D eigenvalue weighted by Gasteiger charge is -2.32. The molecule has 0 atom stereocenters. The number of nitrogens with zero attached hydrogens (tertiary/aromatic N) is 3. The van der Waals surface area contributed by atoms with Crippen LogP contribution in [0.25, 0.3) is 10.1 Å². The first kappa shape index (κ1) is 23.1. The van der Waals surface area contributed by atoms with E-state index in [1.54, 1.807) is 16.7 Å². The number of carbonyl (C=O) groups is 1. The maximum Gasteiger partial charge on any atom is 0.220 e. The van der Waals surface area contributed by atoms with E-state index in [9.17, 15) is 4.79 Å². The molecule has 2 N–H and O–H groups in total. The third-order valence-corrected chi connectivity index (χ3v) is 7.17. The van der Waals surface area contributed by atoms with E-state index in [0.717, 1.165) is 42.5 Å². The van der Waals surface area contributed by atoms with Crippen molar-refractivity contribution in [1.82, 2.24) is 9.27 Å². The van der Waals surface area contributed by atoms with E-state index in [0.29, 0.717) is 18.2 Å². The quantitative estimate of drug-likeness (QED) is 0.345. The molecule has 0 saturated heterocycles. The molecular formula is C26H31N5OS. The fourth-order valence-electron chi connectivity index (χ4n) is 4.58. The predicted molar refractivity (Wildman–Crippen MR) is 136 cm³/mol. The number of hydrogen-bond donors (Lipinski definition) is 2. The Hall–Kier alpha value is -3.06. The lowest BCUT2D eigenvalue weighted by Crippen LogP contribution is -2.44. The molecule has 6 nitrogen and oxygen atoms in total. The van der Waals surface area contributed by atoms with Gasteiger partial charge in [0, 0.05) is 31.0 Å². The van der Waals surface area contributed by atoms with Crippen LogP contribution in [-0.2, 0) is 11.3 Å². The van der Waals surface area contributed by atoms with E-state index in [1.807, 2.05) is 37.4 Å². The van der Waals surface area contributed by atoms with Gasteiger partial charge in [-0.1, -0.05) is 55.2 Å². The second-order valence-corrected chi connectivity index (χ2v) is 9.71. The second-order valence-electron chi connectivity index (χ2n) is 8.87. The van der Waals surface area contributed by atoms with Crippen LogP contribution in [0.4, 0.5) is 5.69 Å². The first-order chi connectivity index (χ1) is 15.9. The van der Waals surface area contributed by atoms with Gasteiger partial charge in [-0.2, -0.15) is 4.37 Å². The van der Waals surface area contributed by atoms with Crippen LogP contribution in [0.3, 0.4) is 0 Å². The summed E-state index contributed by atoms with van der Waals surface area (Å²) in [5, 5.41) is 18.5. The molecule has 172 valence electrons. The summed E-state index contributed by atoms with van der Waals surface area (Å²) >= 11 is 1.54. The monoisotopic (exact) mass is 461 g/mol. The molecule has 7 heteroatoms. The van der Waals surface area contributed by atoms with Crippen molar-refractivity contribution >= 4 is 44.9 Å². The van der Waals surface area contributed by atoms with Gasteiger partial charge in [0.15, 0.2) is 0 Å². The Balaban J connectivity index is 0.000000238. The predicted octanol–water partition coefficient (Wildman–Crippen LogP) is 5.99. The fourth-order valence-corrected chi connectivity index (χ4v) is 5.23. The Kier molecular flexibility index (Phi) is 7.18. The first-order valence-electron chi connectivity index (χ1n) is 11.5. The molecule has 1 saturated carbocycles. The van der Waals surface area contributed by atoms with Crippen LogP contribution in [-0.4, -0.2) is 33.4 Å². The van der Waals surface area contributed by atoms with Crippen molar-refractivity contribution in [3.8, 4) is 0 Å². The van der Waals surface area contributed by atoms with Gasteiger partial charge >= 0.3 is 0 Å². The summed E-state index contributed by atoms with van der Waals surface area (Å²) in [5.41, 5.74) is 3.05. The maximum absolute atomic E-state index is 11.9. The number of hydrogen-bond acceptors (Lipinski definition) is 5. The Labute approximate surface area is 199 Å². The van der Waals surface area contributed by atoms with Gasteiger partial charge in [0.1, 0.15) is 11.7 Å². The zero-order chi connectivity index (χ0) is 23.4. The number of nitrogens with one attached hydrogen (secondary N) is 2. The zero-order valence-corrected chi connectivity index (χ0v) is 20.1. The SMILES string of the molecule is CC(=O)N1CC(=N)N(C(=N)C2CCCCC2)c2ccc(C)cc2C1.c1ccc2sncc2c1. The first-order valence-corrected chi connectivity index (χ1v) is 12.3. The van der Waals surface area contributed by atoms with E-state index >= 15 is 0 Å². The summed E-state index contributed by atoms with van der Waals surface area (Å²) in [4.78, 5) is 15.4. The van der Waals surface area contributed by atoms with Crippen LogP contribution < -0.4 is 4.90 Å². The minimum atomic E-state index is -0.0294. The molecule has 1 amide bonds. The summed E-state index contributed by atoms with van der Waals surface area (Å²) in [5.74, 6) is 1.04. The summed E-state index contributed by atoms with van der Waals surface area (Å²) in [6.07, 6.45) is 7.51. The average molecular weight is 462 g/mol. The molecule has 33 heavy (non-hydrogen) atoms. The third-order valence-electron chi connectivity index (χ3n) is 6.39. The summed E-state index contributed by atoms with van der Waals surface area (Å²) in [7, 11) is 0. The van der Waals surface area contributed by atoms with Gasteiger partial charge in [0.05, 0.1) is 16.9 Å². The number of aromatic nitrogens is 1. The number of rotatable bonds is 1. The number of amidine groups is 2. The highest BCUT2D eigenvalue weighted by atomic mass is 32.1. The molecular weight excluding hydrogens is 430 g/mol. The Bertz CT molecular complexity index is 1130. The molecule has 2 heterocycles. The van der Waals surface area contributed by atoms with Gasteiger partial charge in [0.2, 0.25) is 5.91 Å². The molecule has 0 radical (unpaired) electrons. The number of benzene rings is 2. The normalized spacial score (nSPS) is 16.6. The molecule has 0 bridgehead atoms. The highest BCUT2D eigenvalue weighted by Gasteiger charge is 2.31. The summed E-state index contributed by atoms with van der Waals surface area (Å²) in [6, 6.07) is 14.3. The van der Waals surface area contributed by atoms with Crippen molar-refractivity contribution in [2.75, 3.05) is 11.4 Å². The number of fused-ring (bicyclic) bond motifs is 2. The van der Waals surface area contributed by atoms with E-state index < -0.39 is 0 Å². The highest BCUT2D eigenvalue weighted by molar-refractivity contribution is 7.13. The van der Waals surface area contributed by atoms with Crippen LogP contribution in [0.15, 0.2) is 48.7 Å². The fraction of sp³-hybridized carbons (Fsp3) is 0.385. The van der Waals surface area contributed by atoms with E-state index in [1.165, 1.54) is 28.0 Å². The third kappa shape index (κ3) is 5.30. The minimum absolute atomic E-state index is 0.0294. The van der Waals surface area contributed by atoms with Crippen molar-refractivity contribution in [3.63, 3.8) is 0 Å². The van der Waals surface area contributed by atoms with Gasteiger partial charge in [0.25, 0.3) is 0 Å². The molecule has 0 spiro atoms. The van der Waals surface area contributed by atoms with Crippen LogP contribution in [0.1, 0.15) is 50.2 Å². The van der Waals surface area contributed by atoms with E-state index in [-0.39, 0.29) is 18.4 Å². The largest absolute Gasteiger partial charge is 0.331 e. The van der Waals surface area contributed by atoms with E-state index in [2.05, 4.69) is 22.6 Å². The number of amides is 1. The van der Waals surface area contributed by atoms with Crippen molar-refractivity contribution in [2.45, 2.75) is 52.5 Å². The number of anilines is 1. The summed E-state index contributed by atoms with van der Waals surface area (Å²) in [6.45, 7) is 4.34. The smallest absolute Gasteiger partial charge is 0.220 e. The highest BCUT2D eigenvalue weighted by Crippen LogP contribution is 2.32. The maximum atomic E-state index is 11.9. The van der Waals surface area contributed by atoms with Crippen LogP contribution in [0.2, 0.25) is 0 Å². The molecule has 1 aliphatic carbocycles. The lowest BCUT2D eigenvalue weighted by molar-refractivity contribution is -0.128. The van der Waals surface area contributed by atoms with Crippen LogP contribution >= 0.6 is 11.5 Å². The molecule has 2 aliphatic rings. The number of aryl methyl sites for hydroxylation is 1. The van der Waals surface area contributed by atoms with Gasteiger partial charge in [-0.25, -0.2) is 0 Å². The zero-order valence-electron chi connectivity index (χ0n) is 19.3. The minimum Gasteiger partial charge on any atom is -0.331 e. The van der Waals surface area contributed by atoms with Gasteiger partial charge in [-0.15, -0.1) is 0 Å². The molecule has 1 aromatic heterocycles. The van der Waals surface area contributed by atoms with Crippen LogP contribution in [0.5, 0.6) is 0 Å². The molecule has 2 aromatic carbocycles. The second kappa shape index (κ2) is 10.3. The lowest BCUT2D eigenvalue weighted by atomic mass is 9.87. The Morgan fingerprint density at radius 2 is 1.85 bits per heavy atom. The van der Waals surface area contributed by atoms with Crippen molar-refractivity contribution < 1.29 is 4.79 Å². The molecule has 3 aromatic rings. The molecule has 1 fully saturated rings. The standard InChI is InChI=1S/C19H26N4O.C7H5NS/c1-13-8-9-17-16(10-13)11-22(14(2)24)12-18(20)23(17)19(21)15-6-4-3-5-7-15;1-2-4-7-6(3-1)5-8-9-7/h8-10,15,20-21H,3-7,11-12H2,1-2H3;1-5H. The molecule has 0 unspecified atom stereocenters. The van der Waals surface area contributed by atoms with E-state index in [4.69, 9.17) is 10.8 Å².